The van der Waals surface area contributed by atoms with Gasteiger partial charge in [0.05, 0.1) is 6.61 Å². The molecule has 1 rings (SSSR count). The molecule has 0 radical (unpaired) electrons. The first-order chi connectivity index (χ1) is 8.85. The maximum absolute atomic E-state index is 13.4. The third-order valence-electron chi connectivity index (χ3n) is 2.77. The first kappa shape index (κ1) is 15.6. The predicted octanol–water partition coefficient (Wildman–Crippen LogP) is 1.66. The molecule has 19 heavy (non-hydrogen) atoms. The Labute approximate surface area is 111 Å². The predicted molar refractivity (Wildman–Crippen MR) is 64.7 cm³/mol. The summed E-state index contributed by atoms with van der Waals surface area (Å²) < 4.78 is 31.9. The molecule has 0 amide bonds. The second kappa shape index (κ2) is 6.61. The van der Waals surface area contributed by atoms with Crippen molar-refractivity contribution in [3.8, 4) is 0 Å². The fourth-order valence-electron chi connectivity index (χ4n) is 1.78. The molecule has 0 saturated carbocycles. The molecule has 0 aliphatic carbocycles. The van der Waals surface area contributed by atoms with Crippen LogP contribution in [-0.2, 0) is 16.0 Å². The second-order valence-electron chi connectivity index (χ2n) is 4.68. The van der Waals surface area contributed by atoms with Gasteiger partial charge in [0.2, 0.25) is 0 Å². The van der Waals surface area contributed by atoms with Crippen LogP contribution in [0.25, 0.3) is 0 Å². The average molecular weight is 271 g/mol. The molecule has 0 spiro atoms. The van der Waals surface area contributed by atoms with Crippen molar-refractivity contribution in [3.05, 3.63) is 35.9 Å². The molecule has 1 aromatic carbocycles. The number of carboxylic acid groups (broad SMARTS) is 1. The van der Waals surface area contributed by atoms with E-state index in [1.54, 1.807) is 0 Å². The van der Waals surface area contributed by atoms with Gasteiger partial charge in [0.15, 0.2) is 0 Å². The number of carboxylic acids is 1. The van der Waals surface area contributed by atoms with Crippen LogP contribution in [0.2, 0.25) is 0 Å². The summed E-state index contributed by atoms with van der Waals surface area (Å²) in [6, 6.07) is 9.23. The van der Waals surface area contributed by atoms with Crippen LogP contribution >= 0.6 is 0 Å². The smallest absolute Gasteiger partial charge is 0.312 e. The Kier molecular flexibility index (Phi) is 5.42. The molecule has 0 aliphatic heterocycles. The summed E-state index contributed by atoms with van der Waals surface area (Å²) in [5, 5.41) is 10.5. The van der Waals surface area contributed by atoms with E-state index in [0.717, 1.165) is 5.56 Å². The van der Waals surface area contributed by atoms with E-state index >= 15 is 0 Å². The number of hydrogen-bond donors (Lipinski definition) is 0. The molecule has 0 fully saturated rings. The molecule has 1 unspecified atom stereocenters. The van der Waals surface area contributed by atoms with E-state index in [0.29, 0.717) is 6.42 Å². The SMILES string of the molecule is CC(C)C(OCCc1ccccc1)C(F)(F)C(=O)[O-]. The molecule has 0 bridgehead atoms. The Balaban J connectivity index is 2.59. The van der Waals surface area contributed by atoms with Gasteiger partial charge >= 0.3 is 5.92 Å². The highest BCUT2D eigenvalue weighted by Gasteiger charge is 2.43. The fraction of sp³-hybridized carbons (Fsp3) is 0.500. The molecular formula is C14H17F2O3-. The summed E-state index contributed by atoms with van der Waals surface area (Å²) in [4.78, 5) is 10.5. The van der Waals surface area contributed by atoms with Gasteiger partial charge in [0.1, 0.15) is 12.1 Å². The summed E-state index contributed by atoms with van der Waals surface area (Å²) in [7, 11) is 0. The Hall–Kier alpha value is -1.49. The first-order valence-corrected chi connectivity index (χ1v) is 6.10. The van der Waals surface area contributed by atoms with E-state index in [-0.39, 0.29) is 6.61 Å². The highest BCUT2D eigenvalue weighted by molar-refractivity contribution is 5.74. The van der Waals surface area contributed by atoms with E-state index in [4.69, 9.17) is 4.74 Å². The van der Waals surface area contributed by atoms with Gasteiger partial charge in [-0.25, -0.2) is 0 Å². The highest BCUT2D eigenvalue weighted by Crippen LogP contribution is 2.26. The molecule has 0 heterocycles. The standard InChI is InChI=1S/C14H18F2O3/c1-10(2)12(14(15,16)13(17)18)19-9-8-11-6-4-3-5-7-11/h3-7,10,12H,8-9H2,1-2H3,(H,17,18)/p-1. The number of benzene rings is 1. The van der Waals surface area contributed by atoms with Gasteiger partial charge < -0.3 is 14.6 Å². The minimum Gasteiger partial charge on any atom is -0.544 e. The van der Waals surface area contributed by atoms with E-state index in [9.17, 15) is 18.7 Å². The fourth-order valence-corrected chi connectivity index (χ4v) is 1.78. The number of carbonyl (C=O) groups excluding carboxylic acids is 1. The summed E-state index contributed by atoms with van der Waals surface area (Å²) in [5.74, 6) is -7.00. The van der Waals surface area contributed by atoms with Crippen molar-refractivity contribution in [3.63, 3.8) is 0 Å². The number of ether oxygens (including phenoxy) is 1. The van der Waals surface area contributed by atoms with Crippen molar-refractivity contribution in [1.29, 1.82) is 0 Å². The maximum atomic E-state index is 13.4. The van der Waals surface area contributed by atoms with Crippen molar-refractivity contribution >= 4 is 5.97 Å². The highest BCUT2D eigenvalue weighted by atomic mass is 19.3. The largest absolute Gasteiger partial charge is 0.544 e. The lowest BCUT2D eigenvalue weighted by Crippen LogP contribution is -2.52. The third kappa shape index (κ3) is 4.28. The lowest BCUT2D eigenvalue weighted by molar-refractivity contribution is -0.339. The van der Waals surface area contributed by atoms with Crippen LogP contribution in [0.5, 0.6) is 0 Å². The van der Waals surface area contributed by atoms with Crippen molar-refractivity contribution in [2.24, 2.45) is 5.92 Å². The molecule has 1 aromatic rings. The van der Waals surface area contributed by atoms with E-state index in [1.807, 2.05) is 30.3 Å². The molecule has 0 N–H and O–H groups in total. The normalized spacial score (nSPS) is 13.5. The van der Waals surface area contributed by atoms with Crippen LogP contribution in [0, 0.1) is 5.92 Å². The quantitative estimate of drug-likeness (QED) is 0.757. The van der Waals surface area contributed by atoms with Gasteiger partial charge in [-0.3, -0.25) is 0 Å². The molecule has 0 aromatic heterocycles. The summed E-state index contributed by atoms with van der Waals surface area (Å²) >= 11 is 0. The van der Waals surface area contributed by atoms with Crippen molar-refractivity contribution in [2.75, 3.05) is 6.61 Å². The molecule has 5 heteroatoms. The zero-order valence-corrected chi connectivity index (χ0v) is 10.9. The molecule has 0 saturated heterocycles. The van der Waals surface area contributed by atoms with E-state index < -0.39 is 23.9 Å². The van der Waals surface area contributed by atoms with Crippen molar-refractivity contribution in [2.45, 2.75) is 32.3 Å². The van der Waals surface area contributed by atoms with Gasteiger partial charge in [0, 0.05) is 0 Å². The minimum absolute atomic E-state index is 0.0374. The summed E-state index contributed by atoms with van der Waals surface area (Å²) in [5.41, 5.74) is 0.946. The molecule has 106 valence electrons. The van der Waals surface area contributed by atoms with Crippen LogP contribution in [0.4, 0.5) is 8.78 Å². The lowest BCUT2D eigenvalue weighted by atomic mass is 10.0. The molecule has 0 aliphatic rings. The monoisotopic (exact) mass is 271 g/mol. The topological polar surface area (TPSA) is 49.4 Å². The van der Waals surface area contributed by atoms with Gasteiger partial charge in [-0.05, 0) is 17.9 Å². The Morgan fingerprint density at radius 2 is 1.89 bits per heavy atom. The van der Waals surface area contributed by atoms with Crippen LogP contribution in [0.1, 0.15) is 19.4 Å². The van der Waals surface area contributed by atoms with Crippen LogP contribution in [0.15, 0.2) is 30.3 Å². The van der Waals surface area contributed by atoms with Gasteiger partial charge in [-0.2, -0.15) is 8.78 Å². The van der Waals surface area contributed by atoms with Crippen LogP contribution < -0.4 is 5.11 Å². The summed E-state index contributed by atoms with van der Waals surface area (Å²) in [6.07, 6.45) is -1.23. The molecular weight excluding hydrogens is 254 g/mol. The number of carbonyl (C=O) groups is 1. The Bertz CT molecular complexity index is 404. The van der Waals surface area contributed by atoms with Gasteiger partial charge in [-0.1, -0.05) is 44.2 Å². The minimum atomic E-state index is -3.98. The second-order valence-corrected chi connectivity index (χ2v) is 4.68. The van der Waals surface area contributed by atoms with Gasteiger partial charge in [0.25, 0.3) is 0 Å². The number of halogens is 2. The number of hydrogen-bond acceptors (Lipinski definition) is 3. The Morgan fingerprint density at radius 3 is 2.37 bits per heavy atom. The zero-order chi connectivity index (χ0) is 14.5. The van der Waals surface area contributed by atoms with Crippen molar-refractivity contribution < 1.29 is 23.4 Å². The average Bonchev–Trinajstić information content (AvgIpc) is 2.35. The Morgan fingerprint density at radius 1 is 1.32 bits per heavy atom. The van der Waals surface area contributed by atoms with Crippen molar-refractivity contribution in [1.82, 2.24) is 0 Å². The number of rotatable bonds is 7. The number of alkyl halides is 2. The van der Waals surface area contributed by atoms with E-state index in [2.05, 4.69) is 0 Å². The van der Waals surface area contributed by atoms with Crippen LogP contribution in [0.3, 0.4) is 0 Å². The van der Waals surface area contributed by atoms with Crippen LogP contribution in [-0.4, -0.2) is 24.6 Å². The summed E-state index contributed by atoms with van der Waals surface area (Å²) in [6.45, 7) is 3.02. The molecule has 1 atom stereocenters. The number of aliphatic carboxylic acids is 1. The first-order valence-electron chi connectivity index (χ1n) is 6.10. The molecule has 3 nitrogen and oxygen atoms in total. The third-order valence-corrected chi connectivity index (χ3v) is 2.77. The maximum Gasteiger partial charge on any atom is 0.312 e. The van der Waals surface area contributed by atoms with E-state index in [1.165, 1.54) is 13.8 Å². The van der Waals surface area contributed by atoms with Gasteiger partial charge in [-0.15, -0.1) is 0 Å². The lowest BCUT2D eigenvalue weighted by Gasteiger charge is -2.30. The zero-order valence-electron chi connectivity index (χ0n) is 10.9.